The molecule has 3 aromatic rings. The van der Waals surface area contributed by atoms with E-state index in [0.717, 1.165) is 36.0 Å². The normalized spacial score (nSPS) is 17.2. The van der Waals surface area contributed by atoms with Crippen LogP contribution in [0.3, 0.4) is 0 Å². The molecule has 1 atom stereocenters. The Morgan fingerprint density at radius 1 is 1.31 bits per heavy atom. The summed E-state index contributed by atoms with van der Waals surface area (Å²) in [6, 6.07) is 9.55. The van der Waals surface area contributed by atoms with Gasteiger partial charge in [0.1, 0.15) is 0 Å². The van der Waals surface area contributed by atoms with Crippen molar-refractivity contribution in [1.29, 1.82) is 0 Å². The molecule has 2 aromatic heterocycles. The number of pyridine rings is 1. The minimum atomic E-state index is -1.51. The summed E-state index contributed by atoms with van der Waals surface area (Å²) in [6.45, 7) is 3.71. The minimum Gasteiger partial charge on any atom is -0.392 e. The maximum Gasteiger partial charge on any atom is 0.152 e. The van der Waals surface area contributed by atoms with Crippen molar-refractivity contribution in [2.45, 2.75) is 38.7 Å². The number of benzene rings is 1. The summed E-state index contributed by atoms with van der Waals surface area (Å²) in [5, 5.41) is 10.6. The number of rotatable bonds is 4. The molecule has 0 bridgehead atoms. The standard InChI is InChI=1S/C21H24FN3O/c1-21(22,16-4-3-8-23-11-16)14-25-19-6-5-15(13-26)10-17(19)18-12-24(2)9-7-20(18)25/h3-6,8,10-11,26H,7,9,12-14H2,1-2H3. The topological polar surface area (TPSA) is 41.3 Å². The highest BCUT2D eigenvalue weighted by Crippen LogP contribution is 2.35. The van der Waals surface area contributed by atoms with Crippen molar-refractivity contribution in [1.82, 2.24) is 14.5 Å². The van der Waals surface area contributed by atoms with Crippen LogP contribution < -0.4 is 0 Å². The van der Waals surface area contributed by atoms with Gasteiger partial charge in [-0.25, -0.2) is 4.39 Å². The third-order valence-corrected chi connectivity index (χ3v) is 5.41. The number of aromatic nitrogens is 2. The van der Waals surface area contributed by atoms with Crippen molar-refractivity contribution >= 4 is 10.9 Å². The monoisotopic (exact) mass is 353 g/mol. The number of halogens is 1. The molecule has 0 spiro atoms. The highest BCUT2D eigenvalue weighted by molar-refractivity contribution is 5.86. The fourth-order valence-corrected chi connectivity index (χ4v) is 3.97. The molecule has 3 heterocycles. The van der Waals surface area contributed by atoms with Crippen LogP contribution in [-0.4, -0.2) is 33.1 Å². The first kappa shape index (κ1) is 17.2. The minimum absolute atomic E-state index is 0.0161. The van der Waals surface area contributed by atoms with E-state index in [0.29, 0.717) is 5.56 Å². The van der Waals surface area contributed by atoms with Crippen molar-refractivity contribution in [2.24, 2.45) is 0 Å². The van der Waals surface area contributed by atoms with Crippen molar-refractivity contribution in [3.63, 3.8) is 0 Å². The predicted molar refractivity (Wildman–Crippen MR) is 101 cm³/mol. The van der Waals surface area contributed by atoms with Gasteiger partial charge in [0.25, 0.3) is 0 Å². The van der Waals surface area contributed by atoms with Gasteiger partial charge >= 0.3 is 0 Å². The maximum atomic E-state index is 15.6. The highest BCUT2D eigenvalue weighted by Gasteiger charge is 2.31. The molecule has 0 radical (unpaired) electrons. The van der Waals surface area contributed by atoms with Gasteiger partial charge in [-0.3, -0.25) is 4.98 Å². The summed E-state index contributed by atoms with van der Waals surface area (Å²) in [4.78, 5) is 6.36. The third-order valence-electron chi connectivity index (χ3n) is 5.41. The summed E-state index contributed by atoms with van der Waals surface area (Å²) in [6.07, 6.45) is 4.17. The summed E-state index contributed by atoms with van der Waals surface area (Å²) in [5.41, 5.74) is 3.48. The SMILES string of the molecule is CN1CCc2c(c3cc(CO)ccc3n2CC(C)(F)c2cccnc2)C1. The molecule has 1 aliphatic rings. The molecule has 1 unspecified atom stereocenters. The second-order valence-corrected chi connectivity index (χ2v) is 7.45. The second-order valence-electron chi connectivity index (χ2n) is 7.45. The van der Waals surface area contributed by atoms with Crippen LogP contribution >= 0.6 is 0 Å². The zero-order valence-corrected chi connectivity index (χ0v) is 15.2. The van der Waals surface area contributed by atoms with Crippen molar-refractivity contribution in [2.75, 3.05) is 13.6 Å². The number of aliphatic hydroxyl groups excluding tert-OH is 1. The number of aliphatic hydroxyl groups is 1. The van der Waals surface area contributed by atoms with Crippen molar-refractivity contribution < 1.29 is 9.50 Å². The number of nitrogens with zero attached hydrogens (tertiary/aromatic N) is 3. The average molecular weight is 353 g/mol. The lowest BCUT2D eigenvalue weighted by molar-refractivity contribution is 0.161. The second kappa shape index (κ2) is 6.49. The molecule has 4 rings (SSSR count). The third kappa shape index (κ3) is 2.91. The zero-order valence-electron chi connectivity index (χ0n) is 15.2. The Labute approximate surface area is 152 Å². The Balaban J connectivity index is 1.84. The van der Waals surface area contributed by atoms with Crippen molar-refractivity contribution in [3.8, 4) is 0 Å². The molecular formula is C21H24FN3O. The van der Waals surface area contributed by atoms with Crippen LogP contribution in [0.15, 0.2) is 42.7 Å². The van der Waals surface area contributed by atoms with E-state index in [-0.39, 0.29) is 13.2 Å². The van der Waals surface area contributed by atoms with Gasteiger partial charge in [-0.05, 0) is 43.3 Å². The number of alkyl halides is 1. The van der Waals surface area contributed by atoms with Gasteiger partial charge in [0.05, 0.1) is 13.2 Å². The number of hydrogen-bond donors (Lipinski definition) is 1. The molecule has 1 aliphatic heterocycles. The van der Waals surface area contributed by atoms with E-state index >= 15 is 4.39 Å². The van der Waals surface area contributed by atoms with Gasteiger partial charge in [-0.15, -0.1) is 0 Å². The lowest BCUT2D eigenvalue weighted by Gasteiger charge is -2.27. The largest absolute Gasteiger partial charge is 0.392 e. The Bertz CT molecular complexity index is 933. The molecule has 0 saturated heterocycles. The molecule has 0 saturated carbocycles. The summed E-state index contributed by atoms with van der Waals surface area (Å²) in [5.74, 6) is 0. The summed E-state index contributed by atoms with van der Waals surface area (Å²) < 4.78 is 17.7. The number of fused-ring (bicyclic) bond motifs is 3. The Morgan fingerprint density at radius 3 is 2.88 bits per heavy atom. The first-order valence-corrected chi connectivity index (χ1v) is 9.01. The highest BCUT2D eigenvalue weighted by atomic mass is 19.1. The number of hydrogen-bond acceptors (Lipinski definition) is 3. The summed E-state index contributed by atoms with van der Waals surface area (Å²) >= 11 is 0. The van der Waals surface area contributed by atoms with Crippen LogP contribution in [0.5, 0.6) is 0 Å². The van der Waals surface area contributed by atoms with E-state index in [1.807, 2.05) is 18.2 Å². The van der Waals surface area contributed by atoms with E-state index in [1.54, 1.807) is 31.5 Å². The Hall–Kier alpha value is -2.24. The summed E-state index contributed by atoms with van der Waals surface area (Å²) in [7, 11) is 2.11. The van der Waals surface area contributed by atoms with Gasteiger partial charge in [-0.2, -0.15) is 0 Å². The zero-order chi connectivity index (χ0) is 18.3. The van der Waals surface area contributed by atoms with E-state index in [9.17, 15) is 5.11 Å². The molecule has 4 nitrogen and oxygen atoms in total. The molecule has 136 valence electrons. The van der Waals surface area contributed by atoms with Crippen LogP contribution in [0, 0.1) is 0 Å². The average Bonchev–Trinajstić information content (AvgIpc) is 2.94. The predicted octanol–water partition coefficient (Wildman–Crippen LogP) is 3.40. The van der Waals surface area contributed by atoms with Crippen LogP contribution in [0.4, 0.5) is 4.39 Å². The Kier molecular flexibility index (Phi) is 4.29. The van der Waals surface area contributed by atoms with Crippen LogP contribution in [-0.2, 0) is 31.8 Å². The van der Waals surface area contributed by atoms with Gasteiger partial charge in [0.2, 0.25) is 0 Å². The lowest BCUT2D eigenvalue weighted by atomic mass is 9.99. The van der Waals surface area contributed by atoms with Crippen LogP contribution in [0.2, 0.25) is 0 Å². The van der Waals surface area contributed by atoms with E-state index < -0.39 is 5.67 Å². The molecule has 1 aromatic carbocycles. The molecule has 1 N–H and O–H groups in total. The number of likely N-dealkylation sites (N-methyl/N-ethyl adjacent to an activating group) is 1. The molecule has 0 amide bonds. The molecule has 26 heavy (non-hydrogen) atoms. The van der Waals surface area contributed by atoms with Gasteiger partial charge in [-0.1, -0.05) is 12.1 Å². The first-order chi connectivity index (χ1) is 12.5. The molecular weight excluding hydrogens is 329 g/mol. The fraction of sp³-hybridized carbons (Fsp3) is 0.381. The van der Waals surface area contributed by atoms with Crippen LogP contribution in [0.25, 0.3) is 10.9 Å². The van der Waals surface area contributed by atoms with E-state index in [2.05, 4.69) is 21.5 Å². The fourth-order valence-electron chi connectivity index (χ4n) is 3.97. The van der Waals surface area contributed by atoms with E-state index in [4.69, 9.17) is 0 Å². The van der Waals surface area contributed by atoms with Gasteiger partial charge in [0.15, 0.2) is 5.67 Å². The molecule has 0 aliphatic carbocycles. The molecule has 0 fully saturated rings. The maximum absolute atomic E-state index is 15.6. The van der Waals surface area contributed by atoms with Crippen molar-refractivity contribution in [3.05, 3.63) is 65.1 Å². The Morgan fingerprint density at radius 2 is 2.15 bits per heavy atom. The first-order valence-electron chi connectivity index (χ1n) is 9.01. The van der Waals surface area contributed by atoms with Gasteiger partial charge in [0, 0.05) is 54.1 Å². The lowest BCUT2D eigenvalue weighted by Crippen LogP contribution is -2.29. The van der Waals surface area contributed by atoms with Crippen LogP contribution in [0.1, 0.15) is 29.3 Å². The smallest absolute Gasteiger partial charge is 0.152 e. The quantitative estimate of drug-likeness (QED) is 0.782. The van der Waals surface area contributed by atoms with E-state index in [1.165, 1.54) is 11.3 Å². The van der Waals surface area contributed by atoms with Gasteiger partial charge < -0.3 is 14.6 Å². The molecule has 5 heteroatoms.